The zero-order valence-corrected chi connectivity index (χ0v) is 12.4. The number of piperidine rings is 1. The first-order valence-corrected chi connectivity index (χ1v) is 7.01. The lowest BCUT2D eigenvalue weighted by molar-refractivity contribution is 0.168. The average molecular weight is 260 g/mol. The van der Waals surface area contributed by atoms with E-state index in [1.165, 1.54) is 24.1 Å². The third-order valence-corrected chi connectivity index (χ3v) is 4.54. The van der Waals surface area contributed by atoms with Gasteiger partial charge in [-0.15, -0.1) is 0 Å². The quantitative estimate of drug-likeness (QED) is 0.901. The lowest BCUT2D eigenvalue weighted by Crippen LogP contribution is -2.45. The van der Waals surface area contributed by atoms with Gasteiger partial charge in [-0.2, -0.15) is 5.26 Å². The molecule has 1 aliphatic heterocycles. The summed E-state index contributed by atoms with van der Waals surface area (Å²) in [5, 5.41) is 12.7. The van der Waals surface area contributed by atoms with Crippen LogP contribution in [0.2, 0.25) is 0 Å². The molecule has 0 saturated carbocycles. The van der Waals surface area contributed by atoms with Crippen molar-refractivity contribution in [2.45, 2.75) is 45.3 Å². The third kappa shape index (κ3) is 2.99. The number of nitriles is 1. The fourth-order valence-electron chi connectivity index (χ4n) is 2.78. The summed E-state index contributed by atoms with van der Waals surface area (Å²) in [7, 11) is 4.15. The van der Waals surface area contributed by atoms with Gasteiger partial charge in [-0.3, -0.25) is 0 Å². The second-order valence-electron chi connectivity index (χ2n) is 5.74. The molecule has 1 N–H and O–H groups in total. The first kappa shape index (κ1) is 14.1. The molecule has 0 radical (unpaired) electrons. The fraction of sp³-hybridized carbons (Fsp3) is 0.667. The van der Waals surface area contributed by atoms with Gasteiger partial charge in [0.1, 0.15) is 11.8 Å². The summed E-state index contributed by atoms with van der Waals surface area (Å²) in [5.41, 5.74) is 3.17. The molecule has 0 bridgehead atoms. The molecule has 0 amide bonds. The Hall–Kier alpha value is -1.31. The molecule has 2 heterocycles. The molecule has 19 heavy (non-hydrogen) atoms. The number of nitrogens with zero attached hydrogens (tertiary/aromatic N) is 3. The Labute approximate surface area is 116 Å². The minimum atomic E-state index is 0.594. The van der Waals surface area contributed by atoms with E-state index in [1.807, 2.05) is 17.7 Å². The van der Waals surface area contributed by atoms with E-state index in [2.05, 4.69) is 37.2 Å². The first-order valence-electron chi connectivity index (χ1n) is 7.01. The first-order chi connectivity index (χ1) is 9.02. The molecule has 4 nitrogen and oxygen atoms in total. The van der Waals surface area contributed by atoms with Crippen LogP contribution in [0.15, 0.2) is 6.07 Å². The number of hydrogen-bond acceptors (Lipinski definition) is 3. The molecular formula is C15H24N4. The predicted octanol–water partition coefficient (Wildman–Crippen LogP) is 1.78. The van der Waals surface area contributed by atoms with E-state index in [-0.39, 0.29) is 0 Å². The van der Waals surface area contributed by atoms with Gasteiger partial charge < -0.3 is 14.8 Å². The van der Waals surface area contributed by atoms with E-state index in [0.29, 0.717) is 12.1 Å². The molecule has 0 aromatic carbocycles. The maximum atomic E-state index is 9.04. The summed E-state index contributed by atoms with van der Waals surface area (Å²) in [4.78, 5) is 2.42. The number of hydrogen-bond donors (Lipinski definition) is 1. The summed E-state index contributed by atoms with van der Waals surface area (Å²) in [5.74, 6) is 0. The Kier molecular flexibility index (Phi) is 4.28. The minimum Gasteiger partial charge on any atom is -0.340 e. The summed E-state index contributed by atoms with van der Waals surface area (Å²) in [6.45, 7) is 6.39. The SMILES string of the molecule is Cc1c(CNC2CCN(C)C(C)C2)cc(C#N)n1C. The van der Waals surface area contributed by atoms with Crippen molar-refractivity contribution in [2.24, 2.45) is 7.05 Å². The summed E-state index contributed by atoms with van der Waals surface area (Å²) in [6, 6.07) is 5.48. The smallest absolute Gasteiger partial charge is 0.120 e. The van der Waals surface area contributed by atoms with Gasteiger partial charge in [-0.25, -0.2) is 0 Å². The van der Waals surface area contributed by atoms with Crippen molar-refractivity contribution in [3.63, 3.8) is 0 Å². The molecule has 2 unspecified atom stereocenters. The van der Waals surface area contributed by atoms with E-state index in [4.69, 9.17) is 5.26 Å². The molecule has 1 saturated heterocycles. The maximum absolute atomic E-state index is 9.04. The third-order valence-electron chi connectivity index (χ3n) is 4.54. The molecule has 2 rings (SSSR count). The predicted molar refractivity (Wildman–Crippen MR) is 76.8 cm³/mol. The van der Waals surface area contributed by atoms with E-state index >= 15 is 0 Å². The van der Waals surface area contributed by atoms with Crippen LogP contribution in [0.3, 0.4) is 0 Å². The van der Waals surface area contributed by atoms with Gasteiger partial charge in [0.2, 0.25) is 0 Å². The van der Waals surface area contributed by atoms with E-state index < -0.39 is 0 Å². The monoisotopic (exact) mass is 260 g/mol. The lowest BCUT2D eigenvalue weighted by atomic mass is 9.99. The van der Waals surface area contributed by atoms with Crippen LogP contribution in [-0.2, 0) is 13.6 Å². The largest absolute Gasteiger partial charge is 0.340 e. The van der Waals surface area contributed by atoms with Crippen LogP contribution in [0.4, 0.5) is 0 Å². The molecule has 104 valence electrons. The van der Waals surface area contributed by atoms with Crippen molar-refractivity contribution < 1.29 is 0 Å². The molecule has 1 aromatic heterocycles. The van der Waals surface area contributed by atoms with Crippen molar-refractivity contribution in [3.05, 3.63) is 23.0 Å². The molecular weight excluding hydrogens is 236 g/mol. The van der Waals surface area contributed by atoms with Gasteiger partial charge >= 0.3 is 0 Å². The Morgan fingerprint density at radius 3 is 2.79 bits per heavy atom. The highest BCUT2D eigenvalue weighted by molar-refractivity contribution is 5.34. The second kappa shape index (κ2) is 5.77. The van der Waals surface area contributed by atoms with Crippen molar-refractivity contribution in [3.8, 4) is 6.07 Å². The van der Waals surface area contributed by atoms with Crippen LogP contribution in [0.1, 0.15) is 36.7 Å². The van der Waals surface area contributed by atoms with Gasteiger partial charge in [0, 0.05) is 31.4 Å². The zero-order valence-electron chi connectivity index (χ0n) is 12.4. The molecule has 1 fully saturated rings. The highest BCUT2D eigenvalue weighted by Crippen LogP contribution is 2.17. The summed E-state index contributed by atoms with van der Waals surface area (Å²) in [6.07, 6.45) is 2.41. The Morgan fingerprint density at radius 1 is 1.47 bits per heavy atom. The number of aromatic nitrogens is 1. The van der Waals surface area contributed by atoms with Gasteiger partial charge in [-0.05, 0) is 51.9 Å². The molecule has 4 heteroatoms. The van der Waals surface area contributed by atoms with Crippen LogP contribution in [0.25, 0.3) is 0 Å². The van der Waals surface area contributed by atoms with Crippen molar-refractivity contribution in [1.29, 1.82) is 5.26 Å². The summed E-state index contributed by atoms with van der Waals surface area (Å²) < 4.78 is 1.97. The number of likely N-dealkylation sites (tertiary alicyclic amines) is 1. The lowest BCUT2D eigenvalue weighted by Gasteiger charge is -2.35. The van der Waals surface area contributed by atoms with Crippen LogP contribution >= 0.6 is 0 Å². The van der Waals surface area contributed by atoms with Gasteiger partial charge in [0.15, 0.2) is 0 Å². The molecule has 0 aliphatic carbocycles. The highest BCUT2D eigenvalue weighted by atomic mass is 15.1. The summed E-state index contributed by atoms with van der Waals surface area (Å²) >= 11 is 0. The maximum Gasteiger partial charge on any atom is 0.120 e. The van der Waals surface area contributed by atoms with Crippen molar-refractivity contribution in [1.82, 2.24) is 14.8 Å². The molecule has 1 aliphatic rings. The fourth-order valence-corrected chi connectivity index (χ4v) is 2.78. The Morgan fingerprint density at radius 2 is 2.21 bits per heavy atom. The van der Waals surface area contributed by atoms with Gasteiger partial charge in [0.25, 0.3) is 0 Å². The molecule has 0 spiro atoms. The second-order valence-corrected chi connectivity index (χ2v) is 5.74. The topological polar surface area (TPSA) is 44.0 Å². The minimum absolute atomic E-state index is 0.594. The Bertz CT molecular complexity index is 483. The molecule has 1 aromatic rings. The highest BCUT2D eigenvalue weighted by Gasteiger charge is 2.22. The normalized spacial score (nSPS) is 24.4. The van der Waals surface area contributed by atoms with Crippen LogP contribution in [0, 0.1) is 18.3 Å². The van der Waals surface area contributed by atoms with Crippen molar-refractivity contribution in [2.75, 3.05) is 13.6 Å². The Balaban J connectivity index is 1.95. The van der Waals surface area contributed by atoms with Gasteiger partial charge in [-0.1, -0.05) is 0 Å². The molecule has 2 atom stereocenters. The standard InChI is InChI=1S/C15H24N4/c1-11-7-14(5-6-18(11)3)17-10-13-8-15(9-16)19(4)12(13)2/h8,11,14,17H,5-7,10H2,1-4H3. The average Bonchev–Trinajstić information content (AvgIpc) is 2.67. The van der Waals surface area contributed by atoms with Crippen LogP contribution < -0.4 is 5.32 Å². The van der Waals surface area contributed by atoms with Gasteiger partial charge in [0.05, 0.1) is 0 Å². The van der Waals surface area contributed by atoms with Crippen LogP contribution in [0.5, 0.6) is 0 Å². The van der Waals surface area contributed by atoms with E-state index in [0.717, 1.165) is 18.8 Å². The zero-order chi connectivity index (χ0) is 14.0. The number of nitrogens with one attached hydrogen (secondary N) is 1. The van der Waals surface area contributed by atoms with E-state index in [1.54, 1.807) is 0 Å². The number of rotatable bonds is 3. The van der Waals surface area contributed by atoms with Crippen molar-refractivity contribution >= 4 is 0 Å². The van der Waals surface area contributed by atoms with E-state index in [9.17, 15) is 0 Å². The van der Waals surface area contributed by atoms with Crippen LogP contribution in [-0.4, -0.2) is 35.1 Å².